The Morgan fingerprint density at radius 3 is 2.47 bits per heavy atom. The number of nitrogens with two attached hydrogens (primary N) is 1. The number of rotatable bonds is 5. The third-order valence-corrected chi connectivity index (χ3v) is 3.07. The summed E-state index contributed by atoms with van der Waals surface area (Å²) < 4.78 is 1.05. The number of aryl methyl sites for hydroxylation is 1. The molecule has 3 N–H and O–H groups in total. The van der Waals surface area contributed by atoms with Crippen LogP contribution >= 0.6 is 15.9 Å². The Labute approximate surface area is 111 Å². The van der Waals surface area contributed by atoms with Gasteiger partial charge in [-0.2, -0.15) is 0 Å². The summed E-state index contributed by atoms with van der Waals surface area (Å²) in [5, 5.41) is 2.91. The molecule has 0 atom stereocenters. The average Bonchev–Trinajstić information content (AvgIpc) is 2.28. The Kier molecular flexibility index (Phi) is 5.15. The van der Waals surface area contributed by atoms with Gasteiger partial charge in [0.2, 0.25) is 5.91 Å². The van der Waals surface area contributed by atoms with Crippen molar-refractivity contribution in [2.45, 2.75) is 32.2 Å². The van der Waals surface area contributed by atoms with Crippen molar-refractivity contribution in [1.29, 1.82) is 0 Å². The summed E-state index contributed by atoms with van der Waals surface area (Å²) in [6.45, 7) is 4.28. The molecule has 3 nitrogen and oxygen atoms in total. The van der Waals surface area contributed by atoms with Crippen LogP contribution in [0.2, 0.25) is 0 Å². The van der Waals surface area contributed by atoms with Crippen LogP contribution in [-0.4, -0.2) is 18.0 Å². The van der Waals surface area contributed by atoms with Crippen LogP contribution in [0.25, 0.3) is 0 Å². The largest absolute Gasteiger partial charge is 0.350 e. The van der Waals surface area contributed by atoms with Gasteiger partial charge >= 0.3 is 0 Å². The number of carbonyl (C=O) groups excluding carboxylic acids is 1. The van der Waals surface area contributed by atoms with Crippen molar-refractivity contribution < 1.29 is 4.79 Å². The van der Waals surface area contributed by atoms with Crippen LogP contribution in [0.1, 0.15) is 25.8 Å². The van der Waals surface area contributed by atoms with Crippen molar-refractivity contribution in [3.63, 3.8) is 0 Å². The Hall–Kier alpha value is -0.870. The molecule has 0 heterocycles. The highest BCUT2D eigenvalue weighted by molar-refractivity contribution is 9.10. The molecule has 94 valence electrons. The highest BCUT2D eigenvalue weighted by atomic mass is 79.9. The Bertz CT molecular complexity index is 374. The molecule has 0 aliphatic carbocycles. The highest BCUT2D eigenvalue weighted by Crippen LogP contribution is 2.12. The van der Waals surface area contributed by atoms with Crippen molar-refractivity contribution in [3.8, 4) is 0 Å². The van der Waals surface area contributed by atoms with Crippen LogP contribution in [0.5, 0.6) is 0 Å². The maximum Gasteiger partial charge on any atom is 0.220 e. The molecule has 0 bridgehead atoms. The van der Waals surface area contributed by atoms with Gasteiger partial charge in [-0.05, 0) is 38.0 Å². The van der Waals surface area contributed by atoms with Crippen molar-refractivity contribution in [2.24, 2.45) is 5.73 Å². The molecule has 0 unspecified atom stereocenters. The summed E-state index contributed by atoms with van der Waals surface area (Å²) in [5.41, 5.74) is 6.40. The van der Waals surface area contributed by atoms with Gasteiger partial charge in [0, 0.05) is 23.0 Å². The quantitative estimate of drug-likeness (QED) is 0.876. The SMILES string of the molecule is CC(C)(CN)NC(=O)CCc1ccc(Br)cc1. The van der Waals surface area contributed by atoms with E-state index in [2.05, 4.69) is 21.2 Å². The van der Waals surface area contributed by atoms with Crippen molar-refractivity contribution in [2.75, 3.05) is 6.54 Å². The average molecular weight is 299 g/mol. The Morgan fingerprint density at radius 1 is 1.35 bits per heavy atom. The van der Waals surface area contributed by atoms with Gasteiger partial charge in [0.15, 0.2) is 0 Å². The van der Waals surface area contributed by atoms with E-state index in [-0.39, 0.29) is 11.4 Å². The minimum absolute atomic E-state index is 0.0448. The minimum Gasteiger partial charge on any atom is -0.350 e. The molecular formula is C13H19BrN2O. The number of carbonyl (C=O) groups is 1. The minimum atomic E-state index is -0.323. The van der Waals surface area contributed by atoms with Gasteiger partial charge in [0.1, 0.15) is 0 Å². The standard InChI is InChI=1S/C13H19BrN2O/c1-13(2,9-15)16-12(17)8-5-10-3-6-11(14)7-4-10/h3-4,6-7H,5,8-9,15H2,1-2H3,(H,16,17). The first-order valence-corrected chi connectivity index (χ1v) is 6.48. The number of hydrogen-bond donors (Lipinski definition) is 2. The van der Waals surface area contributed by atoms with Gasteiger partial charge in [0.05, 0.1) is 0 Å². The monoisotopic (exact) mass is 298 g/mol. The second kappa shape index (κ2) is 6.17. The van der Waals surface area contributed by atoms with Crippen LogP contribution in [0.4, 0.5) is 0 Å². The fourth-order valence-corrected chi connectivity index (χ4v) is 1.66. The van der Waals surface area contributed by atoms with Crippen molar-refractivity contribution in [1.82, 2.24) is 5.32 Å². The molecule has 0 aliphatic rings. The molecule has 17 heavy (non-hydrogen) atoms. The van der Waals surface area contributed by atoms with Crippen molar-refractivity contribution >= 4 is 21.8 Å². The lowest BCUT2D eigenvalue weighted by molar-refractivity contribution is -0.122. The van der Waals surface area contributed by atoms with Gasteiger partial charge in [-0.1, -0.05) is 28.1 Å². The summed E-state index contributed by atoms with van der Waals surface area (Å²) in [7, 11) is 0. The van der Waals surface area contributed by atoms with Crippen LogP contribution in [0, 0.1) is 0 Å². The van der Waals surface area contributed by atoms with E-state index < -0.39 is 0 Å². The molecular weight excluding hydrogens is 280 g/mol. The number of halogens is 1. The first-order valence-electron chi connectivity index (χ1n) is 5.68. The first-order chi connectivity index (χ1) is 7.93. The van der Waals surface area contributed by atoms with E-state index in [9.17, 15) is 4.79 Å². The molecule has 0 aliphatic heterocycles. The summed E-state index contributed by atoms with van der Waals surface area (Å²) in [6.07, 6.45) is 1.24. The van der Waals surface area contributed by atoms with E-state index in [0.29, 0.717) is 13.0 Å². The lowest BCUT2D eigenvalue weighted by Gasteiger charge is -2.24. The molecule has 0 spiro atoms. The summed E-state index contributed by atoms with van der Waals surface area (Å²) in [5.74, 6) is 0.0448. The van der Waals surface area contributed by atoms with E-state index in [1.54, 1.807) is 0 Å². The van der Waals surface area contributed by atoms with Gasteiger partial charge < -0.3 is 11.1 Å². The molecule has 1 rings (SSSR count). The van der Waals surface area contributed by atoms with Gasteiger partial charge in [0.25, 0.3) is 0 Å². The maximum absolute atomic E-state index is 11.7. The fourth-order valence-electron chi connectivity index (χ4n) is 1.40. The number of nitrogens with one attached hydrogen (secondary N) is 1. The van der Waals surface area contributed by atoms with E-state index in [0.717, 1.165) is 16.5 Å². The highest BCUT2D eigenvalue weighted by Gasteiger charge is 2.17. The molecule has 0 fully saturated rings. The number of hydrogen-bond acceptors (Lipinski definition) is 2. The van der Waals surface area contributed by atoms with Gasteiger partial charge in [-0.25, -0.2) is 0 Å². The summed E-state index contributed by atoms with van der Waals surface area (Å²) in [6, 6.07) is 8.00. The lowest BCUT2D eigenvalue weighted by Crippen LogP contribution is -2.48. The van der Waals surface area contributed by atoms with E-state index in [4.69, 9.17) is 5.73 Å². The topological polar surface area (TPSA) is 55.1 Å². The van der Waals surface area contributed by atoms with Crippen LogP contribution in [0.15, 0.2) is 28.7 Å². The second-order valence-electron chi connectivity index (χ2n) is 4.76. The zero-order valence-electron chi connectivity index (χ0n) is 10.3. The molecule has 0 saturated heterocycles. The van der Waals surface area contributed by atoms with E-state index in [1.807, 2.05) is 38.1 Å². The maximum atomic E-state index is 11.7. The van der Waals surface area contributed by atoms with Crippen LogP contribution in [-0.2, 0) is 11.2 Å². The second-order valence-corrected chi connectivity index (χ2v) is 5.68. The molecule has 0 radical (unpaired) electrons. The Morgan fingerprint density at radius 2 is 1.94 bits per heavy atom. The fraction of sp³-hybridized carbons (Fsp3) is 0.462. The van der Waals surface area contributed by atoms with Crippen molar-refractivity contribution in [3.05, 3.63) is 34.3 Å². The predicted octanol–water partition coefficient (Wildman–Crippen LogP) is 2.24. The zero-order valence-corrected chi connectivity index (χ0v) is 11.9. The van der Waals surface area contributed by atoms with Crippen LogP contribution < -0.4 is 11.1 Å². The molecule has 0 aromatic heterocycles. The molecule has 4 heteroatoms. The molecule has 1 aromatic rings. The van der Waals surface area contributed by atoms with E-state index >= 15 is 0 Å². The molecule has 0 saturated carbocycles. The zero-order chi connectivity index (χ0) is 12.9. The third kappa shape index (κ3) is 5.33. The summed E-state index contributed by atoms with van der Waals surface area (Å²) >= 11 is 3.38. The first kappa shape index (κ1) is 14.2. The molecule has 1 aromatic carbocycles. The third-order valence-electron chi connectivity index (χ3n) is 2.54. The van der Waals surface area contributed by atoms with E-state index in [1.165, 1.54) is 0 Å². The number of benzene rings is 1. The number of amides is 1. The lowest BCUT2D eigenvalue weighted by atomic mass is 10.0. The van der Waals surface area contributed by atoms with Gasteiger partial charge in [-0.3, -0.25) is 4.79 Å². The van der Waals surface area contributed by atoms with Gasteiger partial charge in [-0.15, -0.1) is 0 Å². The summed E-state index contributed by atoms with van der Waals surface area (Å²) in [4.78, 5) is 11.7. The van der Waals surface area contributed by atoms with Crippen LogP contribution in [0.3, 0.4) is 0 Å². The normalized spacial score (nSPS) is 11.3. The molecule has 1 amide bonds. The smallest absolute Gasteiger partial charge is 0.220 e. The Balaban J connectivity index is 2.41. The predicted molar refractivity (Wildman–Crippen MR) is 73.7 cm³/mol.